The average molecular weight is 283 g/mol. The van der Waals surface area contributed by atoms with E-state index < -0.39 is 0 Å². The number of nitrogens with zero attached hydrogens (tertiary/aromatic N) is 2. The van der Waals surface area contributed by atoms with Crippen molar-refractivity contribution in [2.75, 3.05) is 43.3 Å². The minimum Gasteiger partial charge on any atom is -0.378 e. The molecule has 1 amide bonds. The van der Waals surface area contributed by atoms with E-state index in [1.54, 1.807) is 0 Å². The summed E-state index contributed by atoms with van der Waals surface area (Å²) in [7, 11) is 7.83. The van der Waals surface area contributed by atoms with Crippen LogP contribution in [0.2, 0.25) is 0 Å². The zero-order valence-electron chi connectivity index (χ0n) is 12.9. The van der Waals surface area contributed by atoms with Gasteiger partial charge in [-0.15, -0.1) is 0 Å². The Morgan fingerprint density at radius 3 is 2.29 bits per heavy atom. The van der Waals surface area contributed by atoms with Crippen LogP contribution < -0.4 is 15.1 Å². The summed E-state index contributed by atoms with van der Waals surface area (Å²) in [5.74, 6) is -0.104. The highest BCUT2D eigenvalue weighted by molar-refractivity contribution is 6.06. The summed E-state index contributed by atoms with van der Waals surface area (Å²) in [5, 5.41) is 2.98. The van der Waals surface area contributed by atoms with E-state index in [0.717, 1.165) is 17.1 Å². The van der Waals surface area contributed by atoms with E-state index in [4.69, 9.17) is 0 Å². The third-order valence-electron chi connectivity index (χ3n) is 3.26. The Morgan fingerprint density at radius 1 is 0.905 bits per heavy atom. The topological polar surface area (TPSA) is 35.6 Å². The number of nitrogens with one attached hydrogen (secondary N) is 1. The third-order valence-corrected chi connectivity index (χ3v) is 3.26. The van der Waals surface area contributed by atoms with Crippen LogP contribution in [0.5, 0.6) is 0 Å². The van der Waals surface area contributed by atoms with Crippen molar-refractivity contribution < 1.29 is 4.79 Å². The average Bonchev–Trinajstić information content (AvgIpc) is 2.47. The molecule has 0 aliphatic carbocycles. The Hall–Kier alpha value is -2.49. The second-order valence-electron chi connectivity index (χ2n) is 5.31. The van der Waals surface area contributed by atoms with Gasteiger partial charge in [0.15, 0.2) is 0 Å². The molecule has 1 N–H and O–H groups in total. The number of amides is 1. The summed E-state index contributed by atoms with van der Waals surface area (Å²) in [6, 6.07) is 15.3. The van der Waals surface area contributed by atoms with Gasteiger partial charge in [0.2, 0.25) is 0 Å². The molecular weight excluding hydrogens is 262 g/mol. The Morgan fingerprint density at radius 2 is 1.62 bits per heavy atom. The first kappa shape index (κ1) is 14.9. The molecule has 2 aromatic rings. The number of anilines is 3. The molecule has 0 aliphatic heterocycles. The van der Waals surface area contributed by atoms with Gasteiger partial charge < -0.3 is 15.1 Å². The number of carbonyl (C=O) groups is 1. The van der Waals surface area contributed by atoms with Crippen molar-refractivity contribution in [3.63, 3.8) is 0 Å². The van der Waals surface area contributed by atoms with Gasteiger partial charge >= 0.3 is 0 Å². The van der Waals surface area contributed by atoms with Crippen molar-refractivity contribution in [3.05, 3.63) is 54.1 Å². The Bertz CT molecular complexity index is 635. The second-order valence-corrected chi connectivity index (χ2v) is 5.31. The van der Waals surface area contributed by atoms with Crippen LogP contribution in [0, 0.1) is 0 Å². The second kappa shape index (κ2) is 6.31. The molecule has 2 aromatic carbocycles. The van der Waals surface area contributed by atoms with Gasteiger partial charge in [-0.2, -0.15) is 0 Å². The number of hydrogen-bond donors (Lipinski definition) is 1. The van der Waals surface area contributed by atoms with Crippen molar-refractivity contribution in [2.45, 2.75) is 0 Å². The molecule has 0 aliphatic rings. The van der Waals surface area contributed by atoms with Gasteiger partial charge in [-0.05, 0) is 30.3 Å². The molecule has 4 nitrogen and oxygen atoms in total. The molecule has 0 saturated heterocycles. The lowest BCUT2D eigenvalue weighted by Crippen LogP contribution is -2.17. The molecule has 0 bridgehead atoms. The maximum atomic E-state index is 12.4. The fourth-order valence-electron chi connectivity index (χ4n) is 2.09. The number of benzene rings is 2. The zero-order chi connectivity index (χ0) is 15.4. The van der Waals surface area contributed by atoms with E-state index in [9.17, 15) is 4.79 Å². The molecule has 0 radical (unpaired) electrons. The van der Waals surface area contributed by atoms with Gasteiger partial charge in [-0.1, -0.05) is 18.2 Å². The standard InChI is InChI=1S/C17H21N3O/c1-19(2)14-9-7-8-13(12-14)17(21)18-15-10-5-6-11-16(15)20(3)4/h5-12H,1-4H3,(H,18,21). The lowest BCUT2D eigenvalue weighted by atomic mass is 10.1. The molecule has 4 heteroatoms. The molecule has 0 saturated carbocycles. The predicted octanol–water partition coefficient (Wildman–Crippen LogP) is 3.07. The summed E-state index contributed by atoms with van der Waals surface area (Å²) in [5.41, 5.74) is 3.44. The largest absolute Gasteiger partial charge is 0.378 e. The lowest BCUT2D eigenvalue weighted by Gasteiger charge is -2.18. The fraction of sp³-hybridized carbons (Fsp3) is 0.235. The van der Waals surface area contributed by atoms with Gasteiger partial charge in [0.05, 0.1) is 11.4 Å². The van der Waals surface area contributed by atoms with Crippen molar-refractivity contribution in [2.24, 2.45) is 0 Å². The highest BCUT2D eigenvalue weighted by Gasteiger charge is 2.10. The maximum absolute atomic E-state index is 12.4. The molecule has 0 atom stereocenters. The van der Waals surface area contributed by atoms with E-state index in [1.165, 1.54) is 0 Å². The summed E-state index contributed by atoms with van der Waals surface area (Å²) >= 11 is 0. The summed E-state index contributed by atoms with van der Waals surface area (Å²) in [6.07, 6.45) is 0. The fourth-order valence-corrected chi connectivity index (χ4v) is 2.09. The first-order valence-corrected chi connectivity index (χ1v) is 6.84. The number of hydrogen-bond acceptors (Lipinski definition) is 3. The molecule has 21 heavy (non-hydrogen) atoms. The zero-order valence-corrected chi connectivity index (χ0v) is 12.9. The van der Waals surface area contributed by atoms with Crippen molar-refractivity contribution >= 4 is 23.0 Å². The van der Waals surface area contributed by atoms with Crippen molar-refractivity contribution in [3.8, 4) is 0 Å². The molecule has 0 unspecified atom stereocenters. The predicted molar refractivity (Wildman–Crippen MR) is 89.5 cm³/mol. The molecule has 0 spiro atoms. The SMILES string of the molecule is CN(C)c1cccc(C(=O)Nc2ccccc2N(C)C)c1. The van der Waals surface area contributed by atoms with E-state index in [0.29, 0.717) is 5.56 Å². The van der Waals surface area contributed by atoms with Gasteiger partial charge in [0.25, 0.3) is 5.91 Å². The van der Waals surface area contributed by atoms with Crippen LogP contribution in [0.3, 0.4) is 0 Å². The van der Waals surface area contributed by atoms with Crippen LogP contribution in [-0.4, -0.2) is 34.1 Å². The normalized spacial score (nSPS) is 10.1. The first-order valence-electron chi connectivity index (χ1n) is 6.84. The van der Waals surface area contributed by atoms with Crippen LogP contribution >= 0.6 is 0 Å². The monoisotopic (exact) mass is 283 g/mol. The molecule has 2 rings (SSSR count). The van der Waals surface area contributed by atoms with Gasteiger partial charge in [-0.3, -0.25) is 4.79 Å². The smallest absolute Gasteiger partial charge is 0.255 e. The third kappa shape index (κ3) is 3.54. The minimum atomic E-state index is -0.104. The highest BCUT2D eigenvalue weighted by Crippen LogP contribution is 2.24. The van der Waals surface area contributed by atoms with Gasteiger partial charge in [0.1, 0.15) is 0 Å². The van der Waals surface area contributed by atoms with E-state index in [-0.39, 0.29) is 5.91 Å². The minimum absolute atomic E-state index is 0.104. The summed E-state index contributed by atoms with van der Waals surface area (Å²) in [6.45, 7) is 0. The number of rotatable bonds is 4. The van der Waals surface area contributed by atoms with Crippen LogP contribution in [0.4, 0.5) is 17.1 Å². The lowest BCUT2D eigenvalue weighted by molar-refractivity contribution is 0.102. The summed E-state index contributed by atoms with van der Waals surface area (Å²) in [4.78, 5) is 16.4. The van der Waals surface area contributed by atoms with Crippen molar-refractivity contribution in [1.82, 2.24) is 0 Å². The van der Waals surface area contributed by atoms with Crippen LogP contribution in [0.25, 0.3) is 0 Å². The van der Waals surface area contributed by atoms with Gasteiger partial charge in [0, 0.05) is 39.4 Å². The highest BCUT2D eigenvalue weighted by atomic mass is 16.1. The van der Waals surface area contributed by atoms with Crippen molar-refractivity contribution in [1.29, 1.82) is 0 Å². The molecule has 0 aromatic heterocycles. The Kier molecular flexibility index (Phi) is 4.48. The Labute approximate surface area is 126 Å². The van der Waals surface area contributed by atoms with Gasteiger partial charge in [-0.25, -0.2) is 0 Å². The van der Waals surface area contributed by atoms with Crippen LogP contribution in [0.15, 0.2) is 48.5 Å². The quantitative estimate of drug-likeness (QED) is 0.936. The van der Waals surface area contributed by atoms with E-state index >= 15 is 0 Å². The molecule has 0 fully saturated rings. The van der Waals surface area contributed by atoms with Crippen LogP contribution in [-0.2, 0) is 0 Å². The number of para-hydroxylation sites is 2. The number of carbonyl (C=O) groups excluding carboxylic acids is 1. The first-order chi connectivity index (χ1) is 9.99. The molecular formula is C17H21N3O. The maximum Gasteiger partial charge on any atom is 0.255 e. The van der Waals surface area contributed by atoms with E-state index in [1.807, 2.05) is 86.5 Å². The molecule has 110 valence electrons. The molecule has 0 heterocycles. The summed E-state index contributed by atoms with van der Waals surface area (Å²) < 4.78 is 0. The van der Waals surface area contributed by atoms with E-state index in [2.05, 4.69) is 5.32 Å². The Balaban J connectivity index is 2.24. The van der Waals surface area contributed by atoms with Crippen LogP contribution in [0.1, 0.15) is 10.4 Å².